The highest BCUT2D eigenvalue weighted by molar-refractivity contribution is 5.89. The lowest BCUT2D eigenvalue weighted by Crippen LogP contribution is -2.56. The lowest BCUT2D eigenvalue weighted by molar-refractivity contribution is -0.156. The standard InChI is InChI=1S/C34H42N2O5/c1-32-14-21-15-33(2,18-32)20-34(16-21,19-32)17-29(37)36-30(23-7-8-25(38-3)26(12-23)39-4)31-24-13-28(41-6)27(40-5)11-22(24)9-10-35-31/h7-13,21,30H,14-20H2,1-6H3,(H,36,37). The van der Waals surface area contributed by atoms with Crippen LogP contribution in [0.15, 0.2) is 42.6 Å². The molecule has 7 rings (SSSR count). The van der Waals surface area contributed by atoms with Crippen molar-refractivity contribution in [2.75, 3.05) is 28.4 Å². The van der Waals surface area contributed by atoms with E-state index in [9.17, 15) is 4.79 Å². The molecule has 3 unspecified atom stereocenters. The van der Waals surface area contributed by atoms with Gasteiger partial charge in [-0.3, -0.25) is 9.78 Å². The van der Waals surface area contributed by atoms with Crippen LogP contribution in [0, 0.1) is 22.2 Å². The van der Waals surface area contributed by atoms with E-state index in [1.165, 1.54) is 19.3 Å². The molecule has 0 aliphatic heterocycles. The number of hydrogen-bond donors (Lipinski definition) is 1. The van der Waals surface area contributed by atoms with Crippen LogP contribution in [-0.4, -0.2) is 39.3 Å². The Labute approximate surface area is 242 Å². The van der Waals surface area contributed by atoms with Gasteiger partial charge >= 0.3 is 0 Å². The lowest BCUT2D eigenvalue weighted by Gasteiger charge is -2.65. The van der Waals surface area contributed by atoms with Crippen molar-refractivity contribution in [2.45, 2.75) is 64.8 Å². The van der Waals surface area contributed by atoms with Crippen molar-refractivity contribution in [1.29, 1.82) is 0 Å². The first-order chi connectivity index (χ1) is 19.6. The van der Waals surface area contributed by atoms with Gasteiger partial charge in [-0.05, 0) is 102 Å². The van der Waals surface area contributed by atoms with E-state index in [2.05, 4.69) is 19.2 Å². The topological polar surface area (TPSA) is 78.9 Å². The maximum atomic E-state index is 14.1. The van der Waals surface area contributed by atoms with Crippen LogP contribution in [0.2, 0.25) is 0 Å². The van der Waals surface area contributed by atoms with Crippen LogP contribution in [0.1, 0.15) is 76.1 Å². The molecule has 7 nitrogen and oxygen atoms in total. The van der Waals surface area contributed by atoms with Gasteiger partial charge < -0.3 is 24.3 Å². The highest BCUT2D eigenvalue weighted by atomic mass is 16.5. The fraction of sp³-hybridized carbons (Fsp3) is 0.529. The number of pyridine rings is 1. The minimum Gasteiger partial charge on any atom is -0.493 e. The molecule has 218 valence electrons. The van der Waals surface area contributed by atoms with Crippen molar-refractivity contribution in [2.24, 2.45) is 22.2 Å². The number of fused-ring (bicyclic) bond motifs is 1. The Kier molecular flexibility index (Phi) is 6.82. The number of carbonyl (C=O) groups excluding carboxylic acids is 1. The molecule has 4 aliphatic rings. The molecule has 7 heteroatoms. The smallest absolute Gasteiger partial charge is 0.221 e. The summed E-state index contributed by atoms with van der Waals surface area (Å²) in [6.07, 6.45) is 9.69. The summed E-state index contributed by atoms with van der Waals surface area (Å²) in [6, 6.07) is 11.1. The van der Waals surface area contributed by atoms with Crippen LogP contribution in [0.3, 0.4) is 0 Å². The second-order valence-electron chi connectivity index (χ2n) is 13.5. The van der Waals surface area contributed by atoms with Gasteiger partial charge in [0, 0.05) is 18.0 Å². The zero-order valence-electron chi connectivity index (χ0n) is 25.1. The average molecular weight is 559 g/mol. The van der Waals surface area contributed by atoms with Gasteiger partial charge in [0.25, 0.3) is 0 Å². The summed E-state index contributed by atoms with van der Waals surface area (Å²) in [5.74, 6) is 3.30. The molecule has 4 fully saturated rings. The molecular formula is C34H42N2O5. The predicted molar refractivity (Wildman–Crippen MR) is 159 cm³/mol. The van der Waals surface area contributed by atoms with Crippen LogP contribution in [0.25, 0.3) is 10.8 Å². The fourth-order valence-electron chi connectivity index (χ4n) is 9.53. The van der Waals surface area contributed by atoms with E-state index in [0.717, 1.165) is 47.2 Å². The first kappa shape index (κ1) is 27.7. The molecule has 1 N–H and O–H groups in total. The quantitative estimate of drug-likeness (QED) is 0.309. The monoisotopic (exact) mass is 558 g/mol. The number of amides is 1. The second-order valence-corrected chi connectivity index (χ2v) is 13.5. The van der Waals surface area contributed by atoms with E-state index >= 15 is 0 Å². The molecule has 4 bridgehead atoms. The SMILES string of the molecule is COc1ccc(C(NC(=O)CC23CC4CC(C)(CC(C)(C4)C2)C3)c2nccc3cc(OC)c(OC)cc23)cc1OC. The van der Waals surface area contributed by atoms with Crippen molar-refractivity contribution in [1.82, 2.24) is 10.3 Å². The Hall–Kier alpha value is -3.48. The first-order valence-electron chi connectivity index (χ1n) is 14.6. The fourth-order valence-corrected chi connectivity index (χ4v) is 9.53. The zero-order valence-corrected chi connectivity index (χ0v) is 25.1. The number of hydrogen-bond acceptors (Lipinski definition) is 6. The number of carbonyl (C=O) groups is 1. The molecule has 2 aromatic carbocycles. The minimum absolute atomic E-state index is 0.0674. The van der Waals surface area contributed by atoms with Crippen LogP contribution in [0.4, 0.5) is 0 Å². The summed E-state index contributed by atoms with van der Waals surface area (Å²) in [5, 5.41) is 5.27. The number of ether oxygens (including phenoxy) is 4. The first-order valence-corrected chi connectivity index (χ1v) is 14.6. The zero-order chi connectivity index (χ0) is 29.0. The molecule has 3 atom stereocenters. The summed E-state index contributed by atoms with van der Waals surface area (Å²) in [7, 11) is 6.50. The van der Waals surface area contributed by atoms with Crippen molar-refractivity contribution < 1.29 is 23.7 Å². The highest BCUT2D eigenvalue weighted by Crippen LogP contribution is 2.70. The van der Waals surface area contributed by atoms with Gasteiger partial charge in [-0.1, -0.05) is 19.9 Å². The molecule has 1 aromatic heterocycles. The number of rotatable bonds is 9. The maximum absolute atomic E-state index is 14.1. The van der Waals surface area contributed by atoms with Crippen molar-refractivity contribution in [3.05, 3.63) is 53.9 Å². The molecule has 0 spiro atoms. The molecule has 1 amide bonds. The van der Waals surface area contributed by atoms with E-state index in [-0.39, 0.29) is 11.3 Å². The van der Waals surface area contributed by atoms with Gasteiger partial charge in [0.2, 0.25) is 5.91 Å². The Morgan fingerprint density at radius 3 is 2.12 bits per heavy atom. The van der Waals surface area contributed by atoms with Gasteiger partial charge in [-0.15, -0.1) is 0 Å². The molecule has 3 aromatic rings. The van der Waals surface area contributed by atoms with Gasteiger partial charge in [0.15, 0.2) is 23.0 Å². The highest BCUT2D eigenvalue weighted by Gasteiger charge is 2.60. The predicted octanol–water partition coefficient (Wildman–Crippen LogP) is 6.86. The van der Waals surface area contributed by atoms with Gasteiger partial charge in [0.05, 0.1) is 40.2 Å². The Balaban J connectivity index is 1.39. The van der Waals surface area contributed by atoms with Gasteiger partial charge in [-0.25, -0.2) is 0 Å². The molecular weight excluding hydrogens is 516 g/mol. The van der Waals surface area contributed by atoms with Gasteiger partial charge in [0.1, 0.15) is 0 Å². The summed E-state index contributed by atoms with van der Waals surface area (Å²) in [4.78, 5) is 18.9. The number of methoxy groups -OCH3 is 4. The van der Waals surface area contributed by atoms with Crippen molar-refractivity contribution in [3.63, 3.8) is 0 Å². The van der Waals surface area contributed by atoms with E-state index in [1.54, 1.807) is 34.6 Å². The average Bonchev–Trinajstić information content (AvgIpc) is 2.92. The third-order valence-electron chi connectivity index (χ3n) is 9.90. The molecule has 0 saturated heterocycles. The van der Waals surface area contributed by atoms with Crippen molar-refractivity contribution >= 4 is 16.7 Å². The van der Waals surface area contributed by atoms with Crippen molar-refractivity contribution in [3.8, 4) is 23.0 Å². The Morgan fingerprint density at radius 2 is 1.49 bits per heavy atom. The van der Waals surface area contributed by atoms with E-state index < -0.39 is 6.04 Å². The largest absolute Gasteiger partial charge is 0.493 e. The third-order valence-corrected chi connectivity index (χ3v) is 9.90. The Bertz CT molecular complexity index is 1470. The normalized spacial score (nSPS) is 28.8. The van der Waals surface area contributed by atoms with Crippen LogP contribution in [0.5, 0.6) is 23.0 Å². The number of nitrogens with one attached hydrogen (secondary N) is 1. The minimum atomic E-state index is -0.496. The Morgan fingerprint density at radius 1 is 0.854 bits per heavy atom. The summed E-state index contributed by atoms with van der Waals surface area (Å²) in [6.45, 7) is 4.91. The molecule has 0 radical (unpaired) electrons. The van der Waals surface area contributed by atoms with E-state index in [1.807, 2.05) is 36.4 Å². The molecule has 41 heavy (non-hydrogen) atoms. The van der Waals surface area contributed by atoms with Crippen LogP contribution >= 0.6 is 0 Å². The van der Waals surface area contributed by atoms with Gasteiger partial charge in [-0.2, -0.15) is 0 Å². The molecule has 4 saturated carbocycles. The molecule has 4 aliphatic carbocycles. The number of benzene rings is 2. The molecule has 1 heterocycles. The van der Waals surface area contributed by atoms with E-state index in [4.69, 9.17) is 23.9 Å². The number of aromatic nitrogens is 1. The van der Waals surface area contributed by atoms with Crippen LogP contribution in [-0.2, 0) is 4.79 Å². The summed E-state index contributed by atoms with van der Waals surface area (Å²) >= 11 is 0. The lowest BCUT2D eigenvalue weighted by atomic mass is 9.40. The maximum Gasteiger partial charge on any atom is 0.221 e. The third kappa shape index (κ3) is 4.98. The second kappa shape index (κ2) is 10.1. The summed E-state index contributed by atoms with van der Waals surface area (Å²) in [5.41, 5.74) is 2.38. The van der Waals surface area contributed by atoms with Crippen LogP contribution < -0.4 is 24.3 Å². The van der Waals surface area contributed by atoms with E-state index in [0.29, 0.717) is 40.2 Å². The number of nitrogens with zero attached hydrogens (tertiary/aromatic N) is 1. The summed E-state index contributed by atoms with van der Waals surface area (Å²) < 4.78 is 22.3.